The van der Waals surface area contributed by atoms with Crippen LogP contribution in [-0.4, -0.2) is 8.42 Å². The van der Waals surface area contributed by atoms with Crippen LogP contribution in [0.3, 0.4) is 0 Å². The third-order valence-corrected chi connectivity index (χ3v) is 5.53. The van der Waals surface area contributed by atoms with Gasteiger partial charge in [-0.25, -0.2) is 13.6 Å². The maximum absolute atomic E-state index is 11.3. The molecule has 0 aliphatic heterocycles. The lowest BCUT2D eigenvalue weighted by molar-refractivity contribution is 0.597. The first-order chi connectivity index (χ1) is 12.0. The Labute approximate surface area is 147 Å². The first-order valence-corrected chi connectivity index (χ1v) is 9.62. The van der Waals surface area contributed by atoms with Crippen LogP contribution in [0.2, 0.25) is 0 Å². The number of hydrogen-bond acceptors (Lipinski definition) is 3. The molecule has 0 bridgehead atoms. The van der Waals surface area contributed by atoms with Crippen LogP contribution in [0, 0.1) is 0 Å². The molecule has 3 N–H and O–H groups in total. The van der Waals surface area contributed by atoms with Crippen molar-refractivity contribution >= 4 is 10.0 Å². The van der Waals surface area contributed by atoms with E-state index in [2.05, 4.69) is 53.8 Å². The van der Waals surface area contributed by atoms with Gasteiger partial charge < -0.3 is 5.32 Å². The SMILES string of the molecule is NS(=O)(=O)c1ccc(CNC2c3ccccc3-c3ccccc32)cc1. The van der Waals surface area contributed by atoms with Gasteiger partial charge >= 0.3 is 0 Å². The van der Waals surface area contributed by atoms with Crippen LogP contribution in [0.15, 0.2) is 77.7 Å². The average molecular weight is 350 g/mol. The highest BCUT2D eigenvalue weighted by atomic mass is 32.2. The largest absolute Gasteiger partial charge is 0.302 e. The number of nitrogens with two attached hydrogens (primary N) is 1. The topological polar surface area (TPSA) is 72.2 Å². The molecule has 3 aromatic carbocycles. The summed E-state index contributed by atoms with van der Waals surface area (Å²) in [6.07, 6.45) is 0. The number of primary sulfonamides is 1. The lowest BCUT2D eigenvalue weighted by Gasteiger charge is -2.16. The van der Waals surface area contributed by atoms with Crippen molar-refractivity contribution < 1.29 is 8.42 Å². The summed E-state index contributed by atoms with van der Waals surface area (Å²) in [5, 5.41) is 8.73. The first kappa shape index (κ1) is 16.0. The van der Waals surface area contributed by atoms with E-state index in [4.69, 9.17) is 5.14 Å². The Balaban J connectivity index is 1.59. The van der Waals surface area contributed by atoms with Crippen molar-refractivity contribution in [3.05, 3.63) is 89.5 Å². The standard InChI is InChI=1S/C20H18N2O2S/c21-25(23,24)15-11-9-14(10-12-15)13-22-20-18-7-3-1-5-16(18)17-6-2-4-8-19(17)20/h1-12,20,22H,13H2,(H2,21,23,24). The minimum absolute atomic E-state index is 0.130. The van der Waals surface area contributed by atoms with Crippen LogP contribution in [0.4, 0.5) is 0 Å². The fraction of sp³-hybridized carbons (Fsp3) is 0.100. The smallest absolute Gasteiger partial charge is 0.238 e. The molecule has 0 amide bonds. The van der Waals surface area contributed by atoms with E-state index in [1.54, 1.807) is 24.3 Å². The summed E-state index contributed by atoms with van der Waals surface area (Å²) in [7, 11) is -3.65. The Morgan fingerprint density at radius 2 is 1.32 bits per heavy atom. The lowest BCUT2D eigenvalue weighted by Crippen LogP contribution is -2.20. The van der Waals surface area contributed by atoms with Gasteiger partial charge in [-0.3, -0.25) is 0 Å². The number of benzene rings is 3. The number of hydrogen-bond donors (Lipinski definition) is 2. The molecule has 0 heterocycles. The minimum Gasteiger partial charge on any atom is -0.302 e. The Bertz CT molecular complexity index is 982. The molecule has 1 aliphatic rings. The van der Waals surface area contributed by atoms with Crippen LogP contribution < -0.4 is 10.5 Å². The number of fused-ring (bicyclic) bond motifs is 3. The van der Waals surface area contributed by atoms with Crippen LogP contribution in [0.1, 0.15) is 22.7 Å². The van der Waals surface area contributed by atoms with Gasteiger partial charge in [0.05, 0.1) is 10.9 Å². The summed E-state index contributed by atoms with van der Waals surface area (Å²) in [6, 6.07) is 23.6. The van der Waals surface area contributed by atoms with Crippen molar-refractivity contribution in [3.63, 3.8) is 0 Å². The molecule has 0 atom stereocenters. The van der Waals surface area contributed by atoms with Crippen molar-refractivity contribution in [1.29, 1.82) is 0 Å². The minimum atomic E-state index is -3.65. The Hall–Kier alpha value is -2.47. The molecule has 0 saturated heterocycles. The third-order valence-electron chi connectivity index (χ3n) is 4.60. The van der Waals surface area contributed by atoms with E-state index in [9.17, 15) is 8.42 Å². The summed E-state index contributed by atoms with van der Waals surface area (Å²) in [4.78, 5) is 0.132. The maximum atomic E-state index is 11.3. The first-order valence-electron chi connectivity index (χ1n) is 8.07. The van der Waals surface area contributed by atoms with Gasteiger partial charge in [-0.2, -0.15) is 0 Å². The molecule has 1 aliphatic carbocycles. The van der Waals surface area contributed by atoms with E-state index in [0.29, 0.717) is 6.54 Å². The molecule has 126 valence electrons. The highest BCUT2D eigenvalue weighted by molar-refractivity contribution is 7.89. The highest BCUT2D eigenvalue weighted by Gasteiger charge is 2.27. The van der Waals surface area contributed by atoms with Gasteiger partial charge in [0.25, 0.3) is 0 Å². The van der Waals surface area contributed by atoms with E-state index in [1.165, 1.54) is 22.3 Å². The quantitative estimate of drug-likeness (QED) is 0.759. The fourth-order valence-corrected chi connectivity index (χ4v) is 3.91. The maximum Gasteiger partial charge on any atom is 0.238 e. The van der Waals surface area contributed by atoms with E-state index >= 15 is 0 Å². The van der Waals surface area contributed by atoms with E-state index in [1.807, 2.05) is 0 Å². The molecule has 25 heavy (non-hydrogen) atoms. The molecule has 0 spiro atoms. The Morgan fingerprint density at radius 3 is 1.84 bits per heavy atom. The number of rotatable bonds is 4. The van der Waals surface area contributed by atoms with Gasteiger partial charge in [-0.05, 0) is 39.9 Å². The molecular formula is C20H18N2O2S. The second kappa shape index (κ2) is 6.11. The van der Waals surface area contributed by atoms with Gasteiger partial charge in [-0.1, -0.05) is 60.7 Å². The number of nitrogens with one attached hydrogen (secondary N) is 1. The predicted octanol–water partition coefficient (Wildman–Crippen LogP) is 3.19. The zero-order valence-corrected chi connectivity index (χ0v) is 14.3. The monoisotopic (exact) mass is 350 g/mol. The van der Waals surface area contributed by atoms with Gasteiger partial charge in [0.2, 0.25) is 10.0 Å². The molecule has 0 aromatic heterocycles. The molecule has 3 aromatic rings. The van der Waals surface area contributed by atoms with E-state index < -0.39 is 10.0 Å². The van der Waals surface area contributed by atoms with Crippen molar-refractivity contribution in [3.8, 4) is 11.1 Å². The summed E-state index contributed by atoms with van der Waals surface area (Å²) in [5.41, 5.74) is 6.07. The van der Waals surface area contributed by atoms with E-state index in [-0.39, 0.29) is 10.9 Å². The van der Waals surface area contributed by atoms with Crippen molar-refractivity contribution in [2.75, 3.05) is 0 Å². The second-order valence-corrected chi connectivity index (χ2v) is 7.74. The van der Waals surface area contributed by atoms with Gasteiger partial charge in [0.15, 0.2) is 0 Å². The third kappa shape index (κ3) is 2.98. The molecule has 4 rings (SSSR count). The Kier molecular flexibility index (Phi) is 3.92. The lowest BCUT2D eigenvalue weighted by atomic mass is 10.0. The summed E-state index contributed by atoms with van der Waals surface area (Å²) in [5.74, 6) is 0. The average Bonchev–Trinajstić information content (AvgIpc) is 2.94. The fourth-order valence-electron chi connectivity index (χ4n) is 3.39. The zero-order chi connectivity index (χ0) is 17.4. The summed E-state index contributed by atoms with van der Waals surface area (Å²) < 4.78 is 22.7. The predicted molar refractivity (Wildman–Crippen MR) is 98.4 cm³/mol. The van der Waals surface area contributed by atoms with Crippen LogP contribution in [0.25, 0.3) is 11.1 Å². The Morgan fingerprint density at radius 1 is 0.800 bits per heavy atom. The molecule has 5 heteroatoms. The highest BCUT2D eigenvalue weighted by Crippen LogP contribution is 2.43. The normalized spacial score (nSPS) is 13.5. The van der Waals surface area contributed by atoms with Crippen molar-refractivity contribution in [2.45, 2.75) is 17.5 Å². The van der Waals surface area contributed by atoms with Crippen LogP contribution in [-0.2, 0) is 16.6 Å². The van der Waals surface area contributed by atoms with E-state index in [0.717, 1.165) is 5.56 Å². The summed E-state index contributed by atoms with van der Waals surface area (Å²) in [6.45, 7) is 0.637. The van der Waals surface area contributed by atoms with Crippen LogP contribution >= 0.6 is 0 Å². The second-order valence-electron chi connectivity index (χ2n) is 6.18. The van der Waals surface area contributed by atoms with Gasteiger partial charge in [0.1, 0.15) is 0 Å². The molecule has 0 saturated carbocycles. The molecule has 0 fully saturated rings. The molecule has 4 nitrogen and oxygen atoms in total. The van der Waals surface area contributed by atoms with Crippen LogP contribution in [0.5, 0.6) is 0 Å². The van der Waals surface area contributed by atoms with Gasteiger partial charge in [0, 0.05) is 6.54 Å². The molecule has 0 unspecified atom stereocenters. The van der Waals surface area contributed by atoms with Crippen molar-refractivity contribution in [1.82, 2.24) is 5.32 Å². The van der Waals surface area contributed by atoms with Gasteiger partial charge in [-0.15, -0.1) is 0 Å². The number of sulfonamides is 1. The molecule has 0 radical (unpaired) electrons. The molecular weight excluding hydrogens is 332 g/mol. The van der Waals surface area contributed by atoms with Crippen molar-refractivity contribution in [2.24, 2.45) is 5.14 Å². The zero-order valence-electron chi connectivity index (χ0n) is 13.5. The summed E-state index contributed by atoms with van der Waals surface area (Å²) >= 11 is 0.